The summed E-state index contributed by atoms with van der Waals surface area (Å²) < 4.78 is 11.4. The highest BCUT2D eigenvalue weighted by Crippen LogP contribution is 2.41. The Morgan fingerprint density at radius 1 is 0.909 bits per heavy atom. The second-order valence-electron chi connectivity index (χ2n) is 11.3. The van der Waals surface area contributed by atoms with E-state index in [-0.39, 0.29) is 29.1 Å². The van der Waals surface area contributed by atoms with E-state index in [1.807, 2.05) is 60.7 Å². The molecule has 0 bridgehead atoms. The minimum Gasteiger partial charge on any atom is -0.508 e. The topological polar surface area (TPSA) is 134 Å². The first-order chi connectivity index (χ1) is 21.0. The molecule has 10 nitrogen and oxygen atoms in total. The predicted molar refractivity (Wildman–Crippen MR) is 164 cm³/mol. The molecule has 2 heterocycles. The molecule has 3 aromatic rings. The van der Waals surface area contributed by atoms with Crippen LogP contribution in [-0.2, 0) is 23.9 Å². The maximum absolute atomic E-state index is 13.7. The zero-order chi connectivity index (χ0) is 31.4. The van der Waals surface area contributed by atoms with Crippen molar-refractivity contribution < 1.29 is 33.8 Å². The lowest BCUT2D eigenvalue weighted by Gasteiger charge is -2.45. The molecule has 11 heteroatoms. The van der Waals surface area contributed by atoms with Gasteiger partial charge in [-0.25, -0.2) is 9.59 Å². The standard InChI is InChI=1S/C33H33N3O7S/c1-33(2,3)43-32(41)35-28(20-14-16-23(37)17-15-20)30(39)34-25-18-24(36-26(38)19-27(36)44-25)31(40)42-29(21-10-6-4-7-11-21)22-12-8-5-9-13-22/h4-18,25,27-29,37H,19H2,1-3H3,(H,34,39)(H,35,41)/t25?,27-,28?/m0/s1. The average molecular weight is 616 g/mol. The number of alkyl carbamates (subject to hydrolysis) is 1. The lowest BCUT2D eigenvalue weighted by molar-refractivity contribution is -0.151. The Kier molecular flexibility index (Phi) is 8.96. The summed E-state index contributed by atoms with van der Waals surface area (Å²) in [5, 5.41) is 14.1. The van der Waals surface area contributed by atoms with Gasteiger partial charge in [0.2, 0.25) is 11.8 Å². The number of fused-ring (bicyclic) bond motifs is 1. The highest BCUT2D eigenvalue weighted by molar-refractivity contribution is 8.00. The van der Waals surface area contributed by atoms with Crippen LogP contribution in [0, 0.1) is 0 Å². The number of carbonyl (C=O) groups excluding carboxylic acids is 4. The Balaban J connectivity index is 1.39. The van der Waals surface area contributed by atoms with Gasteiger partial charge in [0.15, 0.2) is 6.10 Å². The van der Waals surface area contributed by atoms with Crippen molar-refractivity contribution in [3.63, 3.8) is 0 Å². The van der Waals surface area contributed by atoms with Gasteiger partial charge in [0.1, 0.15) is 23.1 Å². The van der Waals surface area contributed by atoms with Crippen molar-refractivity contribution in [2.24, 2.45) is 0 Å². The number of hydrogen-bond donors (Lipinski definition) is 3. The first-order valence-electron chi connectivity index (χ1n) is 14.1. The molecule has 3 aromatic carbocycles. The number of benzene rings is 3. The summed E-state index contributed by atoms with van der Waals surface area (Å²) in [4.78, 5) is 53.9. The molecule has 3 amide bonds. The SMILES string of the molecule is CC(C)(C)OC(=O)NC(C(=O)NC1C=C(C(=O)OC(c2ccccc2)c2ccccc2)N2C(=O)C[C@@H]2S1)c1ccc(O)cc1. The highest BCUT2D eigenvalue weighted by Gasteiger charge is 2.47. The summed E-state index contributed by atoms with van der Waals surface area (Å²) in [6, 6.07) is 23.3. The van der Waals surface area contributed by atoms with E-state index in [9.17, 15) is 24.3 Å². The molecule has 5 rings (SSSR count). The van der Waals surface area contributed by atoms with Crippen LogP contribution in [0.5, 0.6) is 5.75 Å². The second kappa shape index (κ2) is 12.8. The van der Waals surface area contributed by atoms with Crippen LogP contribution in [0.15, 0.2) is 96.7 Å². The minimum atomic E-state index is -1.17. The number of esters is 1. The number of nitrogens with one attached hydrogen (secondary N) is 2. The fourth-order valence-electron chi connectivity index (χ4n) is 4.83. The lowest BCUT2D eigenvalue weighted by Crippen LogP contribution is -2.56. The van der Waals surface area contributed by atoms with Gasteiger partial charge < -0.3 is 25.2 Å². The van der Waals surface area contributed by atoms with E-state index in [4.69, 9.17) is 9.47 Å². The molecule has 0 aromatic heterocycles. The van der Waals surface area contributed by atoms with Crippen molar-refractivity contribution in [2.75, 3.05) is 0 Å². The van der Waals surface area contributed by atoms with E-state index in [1.54, 1.807) is 20.8 Å². The number of hydrogen-bond acceptors (Lipinski definition) is 8. The van der Waals surface area contributed by atoms with Crippen molar-refractivity contribution in [1.29, 1.82) is 0 Å². The third-order valence-corrected chi connectivity index (χ3v) is 8.09. The summed E-state index contributed by atoms with van der Waals surface area (Å²) in [5.41, 5.74) is 1.17. The maximum Gasteiger partial charge on any atom is 0.408 e. The van der Waals surface area contributed by atoms with Crippen molar-refractivity contribution in [3.05, 3.63) is 113 Å². The van der Waals surface area contributed by atoms with E-state index >= 15 is 0 Å². The Morgan fingerprint density at radius 3 is 2.05 bits per heavy atom. The fourth-order valence-corrected chi connectivity index (χ4v) is 6.15. The quantitative estimate of drug-likeness (QED) is 0.240. The molecule has 228 valence electrons. The largest absolute Gasteiger partial charge is 0.508 e. The first-order valence-corrected chi connectivity index (χ1v) is 15.0. The summed E-state index contributed by atoms with van der Waals surface area (Å²) in [6.45, 7) is 5.12. The number of carbonyl (C=O) groups is 4. The van der Waals surface area contributed by atoms with Gasteiger partial charge >= 0.3 is 12.1 Å². The third kappa shape index (κ3) is 7.23. The van der Waals surface area contributed by atoms with Gasteiger partial charge in [0, 0.05) is 0 Å². The maximum atomic E-state index is 13.7. The van der Waals surface area contributed by atoms with E-state index < -0.39 is 41.1 Å². The molecule has 3 N–H and O–H groups in total. The molecular formula is C33H33N3O7S. The molecule has 1 saturated heterocycles. The molecule has 0 aliphatic carbocycles. The molecular weight excluding hydrogens is 582 g/mol. The molecule has 2 aliphatic heterocycles. The molecule has 0 radical (unpaired) electrons. The summed E-state index contributed by atoms with van der Waals surface area (Å²) >= 11 is 1.30. The Labute approximate surface area is 259 Å². The van der Waals surface area contributed by atoms with Gasteiger partial charge in [-0.15, -0.1) is 11.8 Å². The van der Waals surface area contributed by atoms with Crippen LogP contribution in [0.1, 0.15) is 56.0 Å². The molecule has 2 aliphatic rings. The fraction of sp³-hybridized carbons (Fsp3) is 0.273. The second-order valence-corrected chi connectivity index (χ2v) is 12.6. The Bertz CT molecular complexity index is 1520. The van der Waals surface area contributed by atoms with Crippen molar-refractivity contribution in [1.82, 2.24) is 15.5 Å². The molecule has 0 spiro atoms. The lowest BCUT2D eigenvalue weighted by atomic mass is 10.0. The van der Waals surface area contributed by atoms with Gasteiger partial charge in [-0.1, -0.05) is 72.8 Å². The molecule has 1 fully saturated rings. The van der Waals surface area contributed by atoms with Gasteiger partial charge in [-0.3, -0.25) is 14.5 Å². The smallest absolute Gasteiger partial charge is 0.408 e. The van der Waals surface area contributed by atoms with Crippen LogP contribution < -0.4 is 10.6 Å². The number of thioether (sulfide) groups is 1. The Morgan fingerprint density at radius 2 is 1.50 bits per heavy atom. The van der Waals surface area contributed by atoms with E-state index in [0.717, 1.165) is 11.1 Å². The number of rotatable bonds is 8. The normalized spacial score (nSPS) is 18.3. The van der Waals surface area contributed by atoms with Crippen LogP contribution in [0.4, 0.5) is 4.79 Å². The van der Waals surface area contributed by atoms with Gasteiger partial charge in [0.25, 0.3) is 0 Å². The van der Waals surface area contributed by atoms with Crippen molar-refractivity contribution >= 4 is 35.6 Å². The van der Waals surface area contributed by atoms with E-state index in [1.165, 1.54) is 47.0 Å². The van der Waals surface area contributed by atoms with Crippen molar-refractivity contribution in [2.45, 2.75) is 55.7 Å². The van der Waals surface area contributed by atoms with Gasteiger partial charge in [0.05, 0.1) is 17.2 Å². The van der Waals surface area contributed by atoms with Crippen LogP contribution in [0.25, 0.3) is 0 Å². The molecule has 0 saturated carbocycles. The van der Waals surface area contributed by atoms with Crippen LogP contribution in [0.3, 0.4) is 0 Å². The predicted octanol–water partition coefficient (Wildman–Crippen LogP) is 4.92. The van der Waals surface area contributed by atoms with Crippen LogP contribution in [-0.4, -0.2) is 50.2 Å². The summed E-state index contributed by atoms with van der Waals surface area (Å²) in [6.07, 6.45) is 0.165. The highest BCUT2D eigenvalue weighted by atomic mass is 32.2. The zero-order valence-electron chi connectivity index (χ0n) is 24.4. The zero-order valence-corrected chi connectivity index (χ0v) is 25.2. The van der Waals surface area contributed by atoms with Crippen LogP contribution >= 0.6 is 11.8 Å². The number of nitrogens with zero attached hydrogens (tertiary/aromatic N) is 1. The monoisotopic (exact) mass is 615 g/mol. The molecule has 2 unspecified atom stereocenters. The van der Waals surface area contributed by atoms with E-state index in [2.05, 4.69) is 10.6 Å². The number of phenolic OH excluding ortho intramolecular Hbond substituents is 1. The number of aromatic hydroxyl groups is 1. The number of ether oxygens (including phenoxy) is 2. The first kappa shape index (κ1) is 30.7. The van der Waals surface area contributed by atoms with Gasteiger partial charge in [-0.05, 0) is 55.7 Å². The average Bonchev–Trinajstić information content (AvgIpc) is 2.98. The summed E-state index contributed by atoms with van der Waals surface area (Å²) in [5.74, 6) is -1.51. The summed E-state index contributed by atoms with van der Waals surface area (Å²) in [7, 11) is 0. The van der Waals surface area contributed by atoms with Gasteiger partial charge in [-0.2, -0.15) is 0 Å². The minimum absolute atomic E-state index is 0.00171. The Hall–Kier alpha value is -4.77. The molecule has 44 heavy (non-hydrogen) atoms. The van der Waals surface area contributed by atoms with E-state index in [0.29, 0.717) is 5.56 Å². The number of phenols is 1. The van der Waals surface area contributed by atoms with Crippen molar-refractivity contribution in [3.8, 4) is 5.75 Å². The van der Waals surface area contributed by atoms with Crippen LogP contribution in [0.2, 0.25) is 0 Å². The molecule has 3 atom stereocenters. The third-order valence-electron chi connectivity index (χ3n) is 6.85. The number of β-lactam (4-membered cyclic amide) rings is 1. The number of amides is 3.